The van der Waals surface area contributed by atoms with E-state index in [2.05, 4.69) is 312 Å². The van der Waals surface area contributed by atoms with Gasteiger partial charge in [-0.05, 0) is 129 Å². The van der Waals surface area contributed by atoms with Crippen LogP contribution in [0.1, 0.15) is 41.9 Å². The number of nitrogens with zero attached hydrogens (tertiary/aromatic N) is 12. The van der Waals surface area contributed by atoms with Crippen LogP contribution in [0.2, 0.25) is 0 Å². The third-order valence-electron chi connectivity index (χ3n) is 18.5. The van der Waals surface area contributed by atoms with Crippen molar-refractivity contribution in [1.82, 2.24) is 43.8 Å². The quantitative estimate of drug-likeness (QED) is 0.111. The van der Waals surface area contributed by atoms with Gasteiger partial charge in [0, 0.05) is 66.0 Å². The molecule has 0 fully saturated rings. The minimum absolute atomic E-state index is 0. The SMILES string of the molecule is CC1=C(c2ccc(-c3ccccc3)cc2)N(C)[CH-]N1c1[c-]cccc1.CC1=C(c2ccc(-c3ccccc3)cc2)N(C)[CH-]N1c1[c-]cccc1.CN1[CH-]N(c2[c-]cccc2)C=C1c1ccc(-c2ccccc2)cc1.Cc1cc(C)n(-c2[c-]cccc2)n1.Cn1ccnc1-c1[c-]cccc1.[Ir+3].[Ir+3].[Ir+3].[c-]1ccccc1-n1cccn1. The number of allylic oxidation sites excluding steroid dienone is 2. The number of para-hydroxylation sites is 5. The maximum atomic E-state index is 4.37. The van der Waals surface area contributed by atoms with Crippen LogP contribution in [0.25, 0.3) is 73.2 Å². The first-order valence-corrected chi connectivity index (χ1v) is 36.4. The molecule has 6 heterocycles. The molecule has 0 spiro atoms. The molecule has 0 atom stereocenters. The van der Waals surface area contributed by atoms with Crippen molar-refractivity contribution in [2.45, 2.75) is 27.7 Å². The van der Waals surface area contributed by atoms with Crippen LogP contribution in [0.15, 0.2) is 364 Å². The summed E-state index contributed by atoms with van der Waals surface area (Å²) in [4.78, 5) is 17.2. The Morgan fingerprint density at radius 1 is 0.327 bits per heavy atom. The molecule has 15 heteroatoms. The molecule has 0 N–H and O–H groups in total. The van der Waals surface area contributed by atoms with Crippen molar-refractivity contribution >= 4 is 34.2 Å². The van der Waals surface area contributed by atoms with E-state index in [4.69, 9.17) is 0 Å². The molecule has 3 aliphatic rings. The van der Waals surface area contributed by atoms with E-state index in [0.717, 1.165) is 51.2 Å². The second-order valence-corrected chi connectivity index (χ2v) is 26.2. The predicted octanol–water partition coefficient (Wildman–Crippen LogP) is 21.7. The molecule has 0 radical (unpaired) electrons. The van der Waals surface area contributed by atoms with E-state index in [1.54, 1.807) is 17.1 Å². The smallest absolute Gasteiger partial charge is 0.504 e. The molecule has 12 nitrogen and oxygen atoms in total. The van der Waals surface area contributed by atoms with E-state index in [9.17, 15) is 0 Å². The van der Waals surface area contributed by atoms with E-state index in [0.29, 0.717) is 0 Å². The molecule has 0 saturated carbocycles. The van der Waals surface area contributed by atoms with Gasteiger partial charge < -0.3 is 34.0 Å². The van der Waals surface area contributed by atoms with Gasteiger partial charge in [0.15, 0.2) is 0 Å². The Balaban J connectivity index is 0.000000147. The van der Waals surface area contributed by atoms with Crippen molar-refractivity contribution in [3.8, 4) is 56.1 Å². The predicted molar refractivity (Wildman–Crippen MR) is 450 cm³/mol. The van der Waals surface area contributed by atoms with E-state index >= 15 is 0 Å². The summed E-state index contributed by atoms with van der Waals surface area (Å²) in [6.07, 6.45) is 9.50. The normalized spacial score (nSPS) is 12.5. The van der Waals surface area contributed by atoms with E-state index in [-0.39, 0.29) is 60.3 Å². The standard InChI is InChI=1S/2C23H20N2.C22H18N2.C11H11N2.C10H9N2.C9H7N2.3Ir/c2*1-18-23(24(2)17-25(18)22-11-7-4-8-12-22)21-15-13-20(14-16-21)19-9-5-3-6-10-19;1-23-17-24(21-10-6-3-7-11-21)16-22(23)20-14-12-19(13-15-20)18-8-4-2-5-9-18;1-9-8-10(2)13(12-9)11-6-4-3-5-7-11;1-12-8-7-11-10(12)9-5-3-2-4-6-9;1-2-5-9(6-3-1)11-8-4-7-10-11;;;/h2*3-11,13-17H,1-2H3;2-10,12-17H,1H3;3-6,8H,1-2H3;2-5,7-8H,1H3;1-5,7-8H;;;/q3*-2;3*-1;3*+3. The number of hydrogen-bond donors (Lipinski definition) is 0. The molecule has 0 amide bonds. The molecule has 15 aromatic rings. The molecule has 113 heavy (non-hydrogen) atoms. The number of rotatable bonds is 12. The van der Waals surface area contributed by atoms with Crippen LogP contribution in [0, 0.1) is 70.3 Å². The second kappa shape index (κ2) is 41.5. The fraction of sp³-hybridized carbons (Fsp3) is 0.0816. The van der Waals surface area contributed by atoms with Crippen molar-refractivity contribution in [3.05, 3.63) is 448 Å². The van der Waals surface area contributed by atoms with Crippen LogP contribution in [0.4, 0.5) is 17.1 Å². The molecular weight excluding hydrogens is 1920 g/mol. The molecule has 3 aliphatic heterocycles. The van der Waals surface area contributed by atoms with Gasteiger partial charge in [-0.3, -0.25) is 14.3 Å². The zero-order valence-electron chi connectivity index (χ0n) is 64.1. The number of imidazole rings is 1. The van der Waals surface area contributed by atoms with Crippen molar-refractivity contribution in [1.29, 1.82) is 0 Å². The van der Waals surface area contributed by atoms with Gasteiger partial charge in [0.25, 0.3) is 0 Å². The van der Waals surface area contributed by atoms with Crippen molar-refractivity contribution in [3.63, 3.8) is 0 Å². The number of aryl methyl sites for hydroxylation is 3. The van der Waals surface area contributed by atoms with E-state index in [1.165, 1.54) is 78.6 Å². The Labute approximate surface area is 707 Å². The Morgan fingerprint density at radius 2 is 0.708 bits per heavy atom. The van der Waals surface area contributed by atoms with Gasteiger partial charge in [0.2, 0.25) is 0 Å². The summed E-state index contributed by atoms with van der Waals surface area (Å²) in [5, 5.41) is 8.44. The van der Waals surface area contributed by atoms with Crippen LogP contribution in [-0.4, -0.2) is 65.0 Å². The van der Waals surface area contributed by atoms with Gasteiger partial charge in [0.1, 0.15) is 0 Å². The monoisotopic (exact) mass is 2010 g/mol. The van der Waals surface area contributed by atoms with Crippen molar-refractivity contribution in [2.75, 3.05) is 35.8 Å². The molecule has 0 unspecified atom stereocenters. The average Bonchev–Trinajstić information content (AvgIpc) is 1.65. The molecule has 0 aliphatic carbocycles. The van der Waals surface area contributed by atoms with Crippen LogP contribution in [-0.2, 0) is 67.4 Å². The van der Waals surface area contributed by atoms with Gasteiger partial charge in [-0.2, -0.15) is 170 Å². The first-order chi connectivity index (χ1) is 53.9. The Kier molecular flexibility index (Phi) is 30.7. The van der Waals surface area contributed by atoms with E-state index < -0.39 is 0 Å². The van der Waals surface area contributed by atoms with Crippen molar-refractivity contribution in [2.24, 2.45) is 7.05 Å². The largest absolute Gasteiger partial charge is 3.00 e. The number of anilines is 3. The maximum Gasteiger partial charge on any atom is 3.00 e. The molecule has 18 rings (SSSR count). The molecule has 0 bridgehead atoms. The Hall–Kier alpha value is -11.8. The van der Waals surface area contributed by atoms with Gasteiger partial charge in [0.05, 0.1) is 11.5 Å². The third-order valence-corrected chi connectivity index (χ3v) is 18.5. The summed E-state index contributed by atoms with van der Waals surface area (Å²) in [5.41, 5.74) is 25.4. The Bertz CT molecular complexity index is 5250. The number of benzene rings is 12. The van der Waals surface area contributed by atoms with Gasteiger partial charge in [-0.1, -0.05) is 164 Å². The first-order valence-electron chi connectivity index (χ1n) is 36.4. The molecule has 3 aromatic heterocycles. The number of hydrogen-bond acceptors (Lipinski definition) is 9. The summed E-state index contributed by atoms with van der Waals surface area (Å²) in [7, 11) is 8.23. The zero-order valence-corrected chi connectivity index (χ0v) is 71.3. The molecular formula is C98H85Ir3N12. The number of aromatic nitrogens is 6. The zero-order chi connectivity index (χ0) is 76.0. The second-order valence-electron chi connectivity index (χ2n) is 26.2. The third kappa shape index (κ3) is 21.7. The summed E-state index contributed by atoms with van der Waals surface area (Å²) in [5.74, 6) is 0.954. The van der Waals surface area contributed by atoms with Crippen LogP contribution >= 0.6 is 0 Å². The minimum atomic E-state index is 0. The van der Waals surface area contributed by atoms with Gasteiger partial charge in [-0.15, -0.1) is 65.1 Å². The Morgan fingerprint density at radius 3 is 1.08 bits per heavy atom. The van der Waals surface area contributed by atoms with Gasteiger partial charge in [-0.25, -0.2) is 0 Å². The van der Waals surface area contributed by atoms with Crippen LogP contribution in [0.5, 0.6) is 0 Å². The summed E-state index contributed by atoms with van der Waals surface area (Å²) < 4.78 is 5.65. The molecule has 564 valence electrons. The fourth-order valence-electron chi connectivity index (χ4n) is 13.1. The maximum absolute atomic E-state index is 4.37. The van der Waals surface area contributed by atoms with Crippen LogP contribution in [0.3, 0.4) is 0 Å². The minimum Gasteiger partial charge on any atom is -0.504 e. The van der Waals surface area contributed by atoms with Crippen molar-refractivity contribution < 1.29 is 60.3 Å². The topological polar surface area (TPSA) is 72.9 Å². The average molecular weight is 2010 g/mol. The molecule has 0 saturated heterocycles. The van der Waals surface area contributed by atoms with Crippen LogP contribution < -0.4 is 14.7 Å². The summed E-state index contributed by atoms with van der Waals surface area (Å²) >= 11 is 0. The van der Waals surface area contributed by atoms with E-state index in [1.807, 2.05) is 194 Å². The molecule has 12 aromatic carbocycles. The van der Waals surface area contributed by atoms with Gasteiger partial charge >= 0.3 is 60.3 Å². The first kappa shape index (κ1) is 83.7. The fourth-order valence-corrected chi connectivity index (χ4v) is 13.1. The summed E-state index contributed by atoms with van der Waals surface area (Å²) in [6.45, 7) is 14.6. The summed E-state index contributed by atoms with van der Waals surface area (Å²) in [6, 6.07) is 128.